The molecule has 0 bridgehead atoms. The molecule has 2 saturated heterocycles. The van der Waals surface area contributed by atoms with E-state index in [2.05, 4.69) is 11.0 Å². The van der Waals surface area contributed by atoms with Crippen LogP contribution in [0.25, 0.3) is 6.08 Å². The van der Waals surface area contributed by atoms with Gasteiger partial charge in [-0.1, -0.05) is 38.5 Å². The summed E-state index contributed by atoms with van der Waals surface area (Å²) in [6.07, 6.45) is 17.8. The van der Waals surface area contributed by atoms with Gasteiger partial charge in [-0.15, -0.1) is 0 Å². The largest absolute Gasteiger partial charge is 0.441 e. The maximum Gasteiger partial charge on any atom is 0.267 e. The van der Waals surface area contributed by atoms with Crippen LogP contribution in [0.3, 0.4) is 0 Å². The van der Waals surface area contributed by atoms with Crippen LogP contribution in [0.5, 0.6) is 0 Å². The molecule has 5 rings (SSSR count). The molecule has 168 valence electrons. The molecule has 0 unspecified atom stereocenters. The third-order valence-electron chi connectivity index (χ3n) is 7.20. The minimum atomic E-state index is 0.127. The Kier molecular flexibility index (Phi) is 6.72. The number of carbonyl (C=O) groups excluding carboxylic acids is 1. The number of amides is 1. The van der Waals surface area contributed by atoms with Gasteiger partial charge in [-0.2, -0.15) is 0 Å². The molecule has 4 aliphatic rings. The van der Waals surface area contributed by atoms with Crippen molar-refractivity contribution in [2.45, 2.75) is 95.6 Å². The first-order valence-electron chi connectivity index (χ1n) is 12.4. The van der Waals surface area contributed by atoms with E-state index in [-0.39, 0.29) is 5.91 Å². The summed E-state index contributed by atoms with van der Waals surface area (Å²) in [5.74, 6) is 1.84. The van der Waals surface area contributed by atoms with Crippen molar-refractivity contribution in [3.8, 4) is 0 Å². The van der Waals surface area contributed by atoms with Gasteiger partial charge in [0.1, 0.15) is 5.76 Å². The summed E-state index contributed by atoms with van der Waals surface area (Å²) in [5.41, 5.74) is 0. The molecule has 1 amide bonds. The van der Waals surface area contributed by atoms with Crippen LogP contribution in [0.15, 0.2) is 26.4 Å². The molecular formula is C25H35N3O2S. The number of hydrogen-bond donors (Lipinski definition) is 0. The predicted molar refractivity (Wildman–Crippen MR) is 128 cm³/mol. The van der Waals surface area contributed by atoms with Crippen molar-refractivity contribution in [3.63, 3.8) is 0 Å². The Morgan fingerprint density at radius 2 is 1.58 bits per heavy atom. The molecule has 3 heterocycles. The Bertz CT molecular complexity index is 828. The lowest BCUT2D eigenvalue weighted by atomic mass is 9.94. The van der Waals surface area contributed by atoms with E-state index in [4.69, 9.17) is 9.41 Å². The molecule has 2 aliphatic heterocycles. The Labute approximate surface area is 190 Å². The summed E-state index contributed by atoms with van der Waals surface area (Å²) < 4.78 is 6.12. The number of nitrogens with zero attached hydrogens (tertiary/aromatic N) is 3. The summed E-state index contributed by atoms with van der Waals surface area (Å²) in [5, 5.41) is 0.942. The molecule has 0 aromatic carbocycles. The van der Waals surface area contributed by atoms with Crippen molar-refractivity contribution >= 4 is 34.8 Å². The highest BCUT2D eigenvalue weighted by molar-refractivity contribution is 8.18. The quantitative estimate of drug-likeness (QED) is 0.521. The number of furan rings is 1. The number of aliphatic imine (C=N–C) groups is 1. The summed E-state index contributed by atoms with van der Waals surface area (Å²) in [7, 11) is 0. The van der Waals surface area contributed by atoms with Crippen LogP contribution in [-0.4, -0.2) is 41.1 Å². The van der Waals surface area contributed by atoms with Crippen molar-refractivity contribution in [1.29, 1.82) is 0 Å². The van der Waals surface area contributed by atoms with Crippen molar-refractivity contribution in [1.82, 2.24) is 4.90 Å². The lowest BCUT2D eigenvalue weighted by molar-refractivity contribution is -0.124. The van der Waals surface area contributed by atoms with E-state index in [0.29, 0.717) is 12.1 Å². The van der Waals surface area contributed by atoms with Gasteiger partial charge in [0.15, 0.2) is 11.1 Å². The second-order valence-electron chi connectivity index (χ2n) is 9.50. The first-order chi connectivity index (χ1) is 15.3. The normalized spacial score (nSPS) is 27.0. The number of thioether (sulfide) groups is 1. The molecule has 1 aromatic heterocycles. The number of anilines is 1. The third kappa shape index (κ3) is 4.89. The lowest BCUT2D eigenvalue weighted by Crippen LogP contribution is -2.41. The van der Waals surface area contributed by atoms with Crippen molar-refractivity contribution < 1.29 is 9.21 Å². The number of piperidine rings is 1. The van der Waals surface area contributed by atoms with E-state index >= 15 is 0 Å². The van der Waals surface area contributed by atoms with Crippen LogP contribution in [-0.2, 0) is 4.79 Å². The zero-order chi connectivity index (χ0) is 21.0. The van der Waals surface area contributed by atoms with Gasteiger partial charge in [-0.05, 0) is 62.8 Å². The number of carbonyl (C=O) groups is 1. The van der Waals surface area contributed by atoms with Gasteiger partial charge < -0.3 is 9.32 Å². The highest BCUT2D eigenvalue weighted by Crippen LogP contribution is 2.39. The SMILES string of the molecule is O=C1C(=Cc2ccc(N3CCCCC3)o2)SC(=NC2CCCCC2)N1C1CCCCC1. The van der Waals surface area contributed by atoms with Crippen molar-refractivity contribution in [2.75, 3.05) is 18.0 Å². The second-order valence-corrected chi connectivity index (χ2v) is 10.5. The van der Waals surface area contributed by atoms with Crippen LogP contribution < -0.4 is 4.90 Å². The fraction of sp³-hybridized carbons (Fsp3) is 0.680. The Morgan fingerprint density at radius 1 is 0.903 bits per heavy atom. The molecule has 4 fully saturated rings. The summed E-state index contributed by atoms with van der Waals surface area (Å²) in [4.78, 5) is 23.7. The Morgan fingerprint density at radius 3 is 2.32 bits per heavy atom. The molecule has 2 aliphatic carbocycles. The Hall–Kier alpha value is -1.69. The third-order valence-corrected chi connectivity index (χ3v) is 8.20. The van der Waals surface area contributed by atoms with E-state index in [0.717, 1.165) is 60.5 Å². The zero-order valence-electron chi connectivity index (χ0n) is 18.6. The standard InChI is InChI=1S/C25H35N3O2S/c29-24-22(18-21-14-15-23(30-21)27-16-8-3-9-17-27)31-25(26-19-10-4-1-5-11-19)28(24)20-12-6-2-7-13-20/h14-15,18-20H,1-13,16-17H2. The molecule has 31 heavy (non-hydrogen) atoms. The monoisotopic (exact) mass is 441 g/mol. The van der Waals surface area contributed by atoms with Gasteiger partial charge in [-0.25, -0.2) is 0 Å². The molecule has 6 heteroatoms. The smallest absolute Gasteiger partial charge is 0.267 e. The maximum atomic E-state index is 13.5. The van der Waals surface area contributed by atoms with Crippen LogP contribution >= 0.6 is 11.8 Å². The summed E-state index contributed by atoms with van der Waals surface area (Å²) >= 11 is 1.57. The zero-order valence-corrected chi connectivity index (χ0v) is 19.4. The molecule has 0 atom stereocenters. The van der Waals surface area contributed by atoms with Crippen molar-refractivity contribution in [2.24, 2.45) is 4.99 Å². The number of amidine groups is 1. The van der Waals surface area contributed by atoms with Gasteiger partial charge in [0.25, 0.3) is 5.91 Å². The molecule has 0 radical (unpaired) electrons. The molecule has 1 aromatic rings. The van der Waals surface area contributed by atoms with Gasteiger partial charge in [0.05, 0.1) is 10.9 Å². The van der Waals surface area contributed by atoms with Crippen LogP contribution in [0.2, 0.25) is 0 Å². The summed E-state index contributed by atoms with van der Waals surface area (Å²) in [6, 6.07) is 4.75. The summed E-state index contributed by atoms with van der Waals surface area (Å²) in [6.45, 7) is 2.12. The number of hydrogen-bond acceptors (Lipinski definition) is 5. The lowest BCUT2D eigenvalue weighted by Gasteiger charge is -2.31. The molecular weight excluding hydrogens is 406 g/mol. The fourth-order valence-corrected chi connectivity index (χ4v) is 6.53. The van der Waals surface area contributed by atoms with Gasteiger partial charge in [0.2, 0.25) is 0 Å². The molecule has 5 nitrogen and oxygen atoms in total. The van der Waals surface area contributed by atoms with Gasteiger partial charge >= 0.3 is 0 Å². The van der Waals surface area contributed by atoms with Gasteiger partial charge in [-0.3, -0.25) is 14.7 Å². The molecule has 0 spiro atoms. The predicted octanol–water partition coefficient (Wildman–Crippen LogP) is 6.21. The van der Waals surface area contributed by atoms with Gasteiger partial charge in [0, 0.05) is 31.3 Å². The second kappa shape index (κ2) is 9.85. The van der Waals surface area contributed by atoms with E-state index < -0.39 is 0 Å². The Balaban J connectivity index is 1.37. The highest BCUT2D eigenvalue weighted by Gasteiger charge is 2.39. The first kappa shape index (κ1) is 21.2. The molecule has 0 N–H and O–H groups in total. The first-order valence-corrected chi connectivity index (χ1v) is 13.3. The minimum absolute atomic E-state index is 0.127. The van der Waals surface area contributed by atoms with Crippen LogP contribution in [0.4, 0.5) is 5.88 Å². The molecule has 2 saturated carbocycles. The van der Waals surface area contributed by atoms with E-state index in [9.17, 15) is 4.79 Å². The highest BCUT2D eigenvalue weighted by atomic mass is 32.2. The maximum absolute atomic E-state index is 13.5. The topological polar surface area (TPSA) is 49.1 Å². The van der Waals surface area contributed by atoms with Crippen LogP contribution in [0, 0.1) is 0 Å². The van der Waals surface area contributed by atoms with E-state index in [1.165, 1.54) is 57.8 Å². The number of rotatable bonds is 4. The van der Waals surface area contributed by atoms with Crippen LogP contribution in [0.1, 0.15) is 89.2 Å². The van der Waals surface area contributed by atoms with E-state index in [1.54, 1.807) is 11.8 Å². The minimum Gasteiger partial charge on any atom is -0.441 e. The van der Waals surface area contributed by atoms with E-state index in [1.807, 2.05) is 17.0 Å². The average Bonchev–Trinajstić information content (AvgIpc) is 3.40. The van der Waals surface area contributed by atoms with Crippen molar-refractivity contribution in [3.05, 3.63) is 22.8 Å². The average molecular weight is 442 g/mol. The fourth-order valence-electron chi connectivity index (χ4n) is 5.44.